The SMILES string of the molecule is CCCCCNC(=O)c1csc(CN(Cc2ccc(OC)cc2)Cc2cccc(C(F)(F)F)c2)n1. The molecule has 1 heterocycles. The van der Waals surface area contributed by atoms with Crippen LogP contribution in [0.25, 0.3) is 0 Å². The van der Waals surface area contributed by atoms with Gasteiger partial charge in [-0.3, -0.25) is 9.69 Å². The molecule has 0 radical (unpaired) electrons. The van der Waals surface area contributed by atoms with Crippen LogP contribution in [-0.4, -0.2) is 29.4 Å². The summed E-state index contributed by atoms with van der Waals surface area (Å²) in [5, 5.41) is 5.33. The second kappa shape index (κ2) is 12.7. The Balaban J connectivity index is 1.74. The van der Waals surface area contributed by atoms with Gasteiger partial charge in [0.15, 0.2) is 0 Å². The fourth-order valence-corrected chi connectivity index (χ4v) is 4.42. The van der Waals surface area contributed by atoms with E-state index in [2.05, 4.69) is 17.2 Å². The third-order valence-electron chi connectivity index (χ3n) is 5.43. The van der Waals surface area contributed by atoms with E-state index in [9.17, 15) is 18.0 Å². The molecule has 3 aromatic rings. The van der Waals surface area contributed by atoms with Gasteiger partial charge in [0.1, 0.15) is 16.5 Å². The van der Waals surface area contributed by atoms with E-state index in [1.807, 2.05) is 29.2 Å². The summed E-state index contributed by atoms with van der Waals surface area (Å²) in [6.07, 6.45) is -1.34. The molecule has 0 fully saturated rings. The minimum atomic E-state index is -4.40. The standard InChI is InChI=1S/C26H30F3N3O2S/c1-3-4-5-13-30-25(33)23-18-35-24(31-23)17-32(15-19-9-11-22(34-2)12-10-19)16-20-7-6-8-21(14-20)26(27,28)29/h6-12,14,18H,3-5,13,15-17H2,1-2H3,(H,30,33). The maximum Gasteiger partial charge on any atom is 0.416 e. The van der Waals surface area contributed by atoms with Gasteiger partial charge in [-0.05, 0) is 35.7 Å². The summed E-state index contributed by atoms with van der Waals surface area (Å²) in [5.74, 6) is 0.524. The number of nitrogens with zero attached hydrogens (tertiary/aromatic N) is 2. The van der Waals surface area contributed by atoms with Gasteiger partial charge < -0.3 is 10.1 Å². The van der Waals surface area contributed by atoms with Crippen LogP contribution in [0.3, 0.4) is 0 Å². The highest BCUT2D eigenvalue weighted by Crippen LogP contribution is 2.30. The molecule has 1 amide bonds. The van der Waals surface area contributed by atoms with Crippen LogP contribution >= 0.6 is 11.3 Å². The molecule has 2 aromatic carbocycles. The zero-order chi connectivity index (χ0) is 25.3. The Kier molecular flexibility index (Phi) is 9.68. The number of rotatable bonds is 12. The largest absolute Gasteiger partial charge is 0.497 e. The number of ether oxygens (including phenoxy) is 1. The molecule has 0 atom stereocenters. The first-order valence-corrected chi connectivity index (χ1v) is 12.4. The molecule has 9 heteroatoms. The van der Waals surface area contributed by atoms with Gasteiger partial charge >= 0.3 is 6.18 Å². The lowest BCUT2D eigenvalue weighted by atomic mass is 10.1. The number of hydrogen-bond acceptors (Lipinski definition) is 5. The average Bonchev–Trinajstić information content (AvgIpc) is 3.30. The lowest BCUT2D eigenvalue weighted by molar-refractivity contribution is -0.137. The molecule has 188 valence electrons. The van der Waals surface area contributed by atoms with Crippen LogP contribution in [0, 0.1) is 0 Å². The van der Waals surface area contributed by atoms with E-state index in [4.69, 9.17) is 4.74 Å². The average molecular weight is 506 g/mol. The lowest BCUT2D eigenvalue weighted by Gasteiger charge is -2.22. The summed E-state index contributed by atoms with van der Waals surface area (Å²) in [4.78, 5) is 18.9. The van der Waals surface area contributed by atoms with Crippen molar-refractivity contribution in [3.63, 3.8) is 0 Å². The molecule has 0 unspecified atom stereocenters. The first kappa shape index (κ1) is 26.7. The van der Waals surface area contributed by atoms with Gasteiger partial charge in [-0.15, -0.1) is 11.3 Å². The molecule has 0 aliphatic carbocycles. The third-order valence-corrected chi connectivity index (χ3v) is 6.27. The zero-order valence-electron chi connectivity index (χ0n) is 19.9. The van der Waals surface area contributed by atoms with E-state index in [1.165, 1.54) is 23.5 Å². The maximum atomic E-state index is 13.2. The van der Waals surface area contributed by atoms with E-state index in [1.54, 1.807) is 18.6 Å². The van der Waals surface area contributed by atoms with Gasteiger partial charge in [-0.2, -0.15) is 13.2 Å². The van der Waals surface area contributed by atoms with E-state index in [0.29, 0.717) is 37.4 Å². The van der Waals surface area contributed by atoms with Crippen molar-refractivity contribution >= 4 is 17.2 Å². The number of thiazole rings is 1. The fraction of sp³-hybridized carbons (Fsp3) is 0.385. The van der Waals surface area contributed by atoms with Crippen molar-refractivity contribution in [2.24, 2.45) is 0 Å². The normalized spacial score (nSPS) is 11.6. The van der Waals surface area contributed by atoms with Crippen LogP contribution in [0.4, 0.5) is 13.2 Å². The molecule has 1 N–H and O–H groups in total. The Hall–Kier alpha value is -2.91. The first-order chi connectivity index (χ1) is 16.8. The molecule has 3 rings (SSSR count). The van der Waals surface area contributed by atoms with Crippen molar-refractivity contribution in [3.05, 3.63) is 81.3 Å². The summed E-state index contributed by atoms with van der Waals surface area (Å²) < 4.78 is 44.8. The number of carbonyl (C=O) groups is 1. The number of aromatic nitrogens is 1. The van der Waals surface area contributed by atoms with Gasteiger partial charge in [0.2, 0.25) is 0 Å². The maximum absolute atomic E-state index is 13.2. The Morgan fingerprint density at radius 3 is 2.49 bits per heavy atom. The summed E-state index contributed by atoms with van der Waals surface area (Å²) >= 11 is 1.37. The molecule has 5 nitrogen and oxygen atoms in total. The molecular weight excluding hydrogens is 475 g/mol. The van der Waals surface area contributed by atoms with E-state index < -0.39 is 11.7 Å². The first-order valence-electron chi connectivity index (χ1n) is 11.5. The minimum Gasteiger partial charge on any atom is -0.497 e. The van der Waals surface area contributed by atoms with Crippen molar-refractivity contribution in [2.45, 2.75) is 52.0 Å². The number of methoxy groups -OCH3 is 1. The Bertz CT molecular complexity index is 1080. The number of benzene rings is 2. The van der Waals surface area contributed by atoms with E-state index in [-0.39, 0.29) is 5.91 Å². The number of halogens is 3. The highest BCUT2D eigenvalue weighted by Gasteiger charge is 2.30. The quantitative estimate of drug-likeness (QED) is 0.294. The number of unbranched alkanes of at least 4 members (excludes halogenated alkanes) is 2. The van der Waals surface area contributed by atoms with Gasteiger partial charge in [0.25, 0.3) is 5.91 Å². The molecule has 35 heavy (non-hydrogen) atoms. The van der Waals surface area contributed by atoms with Crippen LogP contribution in [0.1, 0.15) is 58.4 Å². The Morgan fingerprint density at radius 2 is 1.80 bits per heavy atom. The van der Waals surface area contributed by atoms with Crippen LogP contribution in [-0.2, 0) is 25.8 Å². The highest BCUT2D eigenvalue weighted by molar-refractivity contribution is 7.09. The van der Waals surface area contributed by atoms with Gasteiger partial charge in [-0.25, -0.2) is 4.98 Å². The molecule has 0 aliphatic heterocycles. The second-order valence-corrected chi connectivity index (χ2v) is 9.22. The van der Waals surface area contributed by atoms with Crippen LogP contribution < -0.4 is 10.1 Å². The highest BCUT2D eigenvalue weighted by atomic mass is 32.1. The van der Waals surface area contributed by atoms with Gasteiger partial charge in [-0.1, -0.05) is 50.1 Å². The summed E-state index contributed by atoms with van der Waals surface area (Å²) in [5.41, 5.74) is 1.24. The fourth-order valence-electron chi connectivity index (χ4n) is 3.61. The van der Waals surface area contributed by atoms with Gasteiger partial charge in [0.05, 0.1) is 19.2 Å². The molecule has 0 spiro atoms. The molecule has 0 saturated heterocycles. The van der Waals surface area contributed by atoms with Crippen LogP contribution in [0.5, 0.6) is 5.75 Å². The number of nitrogens with one attached hydrogen (secondary N) is 1. The molecule has 1 aromatic heterocycles. The van der Waals surface area contributed by atoms with Gasteiger partial charge in [0, 0.05) is 25.0 Å². The summed E-state index contributed by atoms with van der Waals surface area (Å²) in [6.45, 7) is 3.91. The molecule has 0 saturated carbocycles. The predicted octanol–water partition coefficient (Wildman–Crippen LogP) is 6.29. The summed E-state index contributed by atoms with van der Waals surface area (Å²) in [6, 6.07) is 12.9. The summed E-state index contributed by atoms with van der Waals surface area (Å²) in [7, 11) is 1.59. The van der Waals surface area contributed by atoms with Crippen molar-refractivity contribution in [3.8, 4) is 5.75 Å². The molecule has 0 aliphatic rings. The zero-order valence-corrected chi connectivity index (χ0v) is 20.7. The van der Waals surface area contributed by atoms with Crippen molar-refractivity contribution in [2.75, 3.05) is 13.7 Å². The predicted molar refractivity (Wildman–Crippen MR) is 131 cm³/mol. The van der Waals surface area contributed by atoms with Crippen molar-refractivity contribution in [1.82, 2.24) is 15.2 Å². The monoisotopic (exact) mass is 505 g/mol. The third kappa shape index (κ3) is 8.36. The van der Waals surface area contributed by atoms with Crippen molar-refractivity contribution in [1.29, 1.82) is 0 Å². The topological polar surface area (TPSA) is 54.5 Å². The Labute approximate surface area is 208 Å². The van der Waals surface area contributed by atoms with E-state index in [0.717, 1.165) is 41.6 Å². The number of alkyl halides is 3. The second-order valence-electron chi connectivity index (χ2n) is 8.28. The molecule has 0 bridgehead atoms. The number of amides is 1. The molecular formula is C26H30F3N3O2S. The Morgan fingerprint density at radius 1 is 1.06 bits per heavy atom. The smallest absolute Gasteiger partial charge is 0.416 e. The number of hydrogen-bond donors (Lipinski definition) is 1. The van der Waals surface area contributed by atoms with Crippen molar-refractivity contribution < 1.29 is 22.7 Å². The van der Waals surface area contributed by atoms with Crippen LogP contribution in [0.2, 0.25) is 0 Å². The van der Waals surface area contributed by atoms with Crippen LogP contribution in [0.15, 0.2) is 53.9 Å². The minimum absolute atomic E-state index is 0.205. The number of carbonyl (C=O) groups excluding carboxylic acids is 1. The lowest BCUT2D eigenvalue weighted by Crippen LogP contribution is -2.25. The van der Waals surface area contributed by atoms with E-state index >= 15 is 0 Å².